The van der Waals surface area contributed by atoms with Crippen molar-refractivity contribution in [1.82, 2.24) is 20.1 Å². The molecule has 4 rings (SSSR count). The normalized spacial score (nSPS) is 14.6. The van der Waals surface area contributed by atoms with Crippen LogP contribution in [-0.4, -0.2) is 51.6 Å². The SMILES string of the molecule is Cc1ccc(NC(=O)C2(c3ccccc3C(C)C)CN(C(=O)Cc3cc(=O)[nH][nH]3)C2)c(OC(F)F)n1. The number of amides is 2. The highest BCUT2D eigenvalue weighted by Crippen LogP contribution is 2.40. The summed E-state index contributed by atoms with van der Waals surface area (Å²) in [7, 11) is 0. The summed E-state index contributed by atoms with van der Waals surface area (Å²) in [6, 6.07) is 11.8. The van der Waals surface area contributed by atoms with Gasteiger partial charge in [0, 0.05) is 30.5 Å². The number of benzene rings is 1. The number of nitrogens with zero attached hydrogens (tertiary/aromatic N) is 2. The Morgan fingerprint density at radius 2 is 1.89 bits per heavy atom. The molecule has 0 radical (unpaired) electrons. The van der Waals surface area contributed by atoms with Gasteiger partial charge in [0.2, 0.25) is 17.7 Å². The first-order valence-electron chi connectivity index (χ1n) is 11.5. The molecule has 190 valence electrons. The summed E-state index contributed by atoms with van der Waals surface area (Å²) in [6.07, 6.45) is -0.0312. The van der Waals surface area contributed by atoms with E-state index >= 15 is 0 Å². The van der Waals surface area contributed by atoms with E-state index in [2.05, 4.69) is 25.2 Å². The second-order valence-corrected chi connectivity index (χ2v) is 9.17. The average Bonchev–Trinajstić information content (AvgIpc) is 3.19. The third-order valence-electron chi connectivity index (χ3n) is 6.25. The second-order valence-electron chi connectivity index (χ2n) is 9.17. The van der Waals surface area contributed by atoms with Crippen LogP contribution in [0.1, 0.15) is 42.3 Å². The number of likely N-dealkylation sites (tertiary alicyclic amines) is 1. The first-order valence-corrected chi connectivity index (χ1v) is 11.5. The molecule has 1 aromatic carbocycles. The minimum absolute atomic E-state index is 0.0157. The number of carbonyl (C=O) groups is 2. The molecule has 0 spiro atoms. The molecule has 2 aromatic heterocycles. The highest BCUT2D eigenvalue weighted by molar-refractivity contribution is 6.02. The van der Waals surface area contributed by atoms with Gasteiger partial charge in [-0.25, -0.2) is 4.98 Å². The van der Waals surface area contributed by atoms with Crippen LogP contribution in [0.15, 0.2) is 47.3 Å². The molecule has 3 N–H and O–H groups in total. The van der Waals surface area contributed by atoms with Gasteiger partial charge >= 0.3 is 6.61 Å². The fourth-order valence-corrected chi connectivity index (χ4v) is 4.44. The number of aromatic nitrogens is 3. The molecule has 36 heavy (non-hydrogen) atoms. The molecule has 9 nitrogen and oxygen atoms in total. The molecule has 0 bridgehead atoms. The van der Waals surface area contributed by atoms with Crippen molar-refractivity contribution in [1.29, 1.82) is 0 Å². The fraction of sp³-hybridized carbons (Fsp3) is 0.360. The molecule has 1 aliphatic rings. The van der Waals surface area contributed by atoms with Crippen LogP contribution in [0, 0.1) is 6.92 Å². The van der Waals surface area contributed by atoms with Crippen molar-refractivity contribution in [3.63, 3.8) is 0 Å². The summed E-state index contributed by atoms with van der Waals surface area (Å²) in [5.41, 5.74) is 1.15. The number of aromatic amines is 2. The summed E-state index contributed by atoms with van der Waals surface area (Å²) in [5, 5.41) is 7.76. The number of pyridine rings is 1. The van der Waals surface area contributed by atoms with Crippen LogP contribution in [0.4, 0.5) is 14.5 Å². The van der Waals surface area contributed by atoms with E-state index in [0.29, 0.717) is 11.4 Å². The van der Waals surface area contributed by atoms with E-state index in [1.165, 1.54) is 17.0 Å². The zero-order valence-electron chi connectivity index (χ0n) is 20.1. The van der Waals surface area contributed by atoms with Crippen LogP contribution in [0.2, 0.25) is 0 Å². The maximum atomic E-state index is 13.8. The quantitative estimate of drug-likeness (QED) is 0.440. The molecule has 1 aliphatic heterocycles. The Morgan fingerprint density at radius 3 is 2.53 bits per heavy atom. The third-order valence-corrected chi connectivity index (χ3v) is 6.25. The van der Waals surface area contributed by atoms with Crippen LogP contribution < -0.4 is 15.6 Å². The number of hydrogen-bond donors (Lipinski definition) is 3. The van der Waals surface area contributed by atoms with E-state index in [-0.39, 0.29) is 48.5 Å². The number of carbonyl (C=O) groups excluding carboxylic acids is 2. The van der Waals surface area contributed by atoms with Crippen LogP contribution >= 0.6 is 0 Å². The second kappa shape index (κ2) is 9.92. The summed E-state index contributed by atoms with van der Waals surface area (Å²) in [6.45, 7) is 2.69. The van der Waals surface area contributed by atoms with Gasteiger partial charge in [0.25, 0.3) is 5.56 Å². The first-order chi connectivity index (χ1) is 17.1. The maximum Gasteiger partial charge on any atom is 0.388 e. The predicted octanol–water partition coefficient (Wildman–Crippen LogP) is 3.09. The smallest absolute Gasteiger partial charge is 0.388 e. The number of anilines is 1. The van der Waals surface area contributed by atoms with Crippen molar-refractivity contribution >= 4 is 17.5 Å². The van der Waals surface area contributed by atoms with Crippen molar-refractivity contribution in [3.05, 3.63) is 75.3 Å². The standard InChI is InChI=1S/C25H27F2N5O4/c1-14(2)17-6-4-5-7-18(17)25(12-32(13-25)21(34)11-16-10-20(33)31-30-16)23(35)29-19-9-8-15(3)28-22(19)36-24(26)27/h4-10,14,24H,11-13H2,1-3H3,(H,29,35)(H2,30,31,33). The zero-order chi connectivity index (χ0) is 26.0. The van der Waals surface area contributed by atoms with Crippen LogP contribution in [0.25, 0.3) is 0 Å². The lowest BCUT2D eigenvalue weighted by atomic mass is 9.69. The van der Waals surface area contributed by atoms with Crippen molar-refractivity contribution in [2.75, 3.05) is 18.4 Å². The Morgan fingerprint density at radius 1 is 1.17 bits per heavy atom. The van der Waals surface area contributed by atoms with Crippen LogP contribution in [0.3, 0.4) is 0 Å². The molecule has 3 heterocycles. The monoisotopic (exact) mass is 499 g/mol. The molecule has 11 heteroatoms. The number of alkyl halides is 2. The van der Waals surface area contributed by atoms with E-state index < -0.39 is 17.9 Å². The molecule has 3 aromatic rings. The molecule has 1 saturated heterocycles. The number of hydrogen-bond acceptors (Lipinski definition) is 5. The van der Waals surface area contributed by atoms with Crippen molar-refractivity contribution in [2.24, 2.45) is 0 Å². The Labute approximate surface area is 205 Å². The summed E-state index contributed by atoms with van der Waals surface area (Å²) < 4.78 is 30.5. The predicted molar refractivity (Wildman–Crippen MR) is 128 cm³/mol. The fourth-order valence-electron chi connectivity index (χ4n) is 4.44. The van der Waals surface area contributed by atoms with Crippen molar-refractivity contribution in [2.45, 2.75) is 45.1 Å². The largest absolute Gasteiger partial charge is 0.415 e. The third kappa shape index (κ3) is 5.00. The number of nitrogens with one attached hydrogen (secondary N) is 3. The lowest BCUT2D eigenvalue weighted by Gasteiger charge is -2.50. The van der Waals surface area contributed by atoms with Gasteiger partial charge in [-0.2, -0.15) is 8.78 Å². The Balaban J connectivity index is 1.65. The molecule has 0 unspecified atom stereocenters. The summed E-state index contributed by atoms with van der Waals surface area (Å²) in [5.74, 6) is -0.998. The van der Waals surface area contributed by atoms with Crippen molar-refractivity contribution < 1.29 is 23.1 Å². The number of halogens is 2. The lowest BCUT2D eigenvalue weighted by Crippen LogP contribution is -2.67. The number of aryl methyl sites for hydroxylation is 1. The zero-order valence-corrected chi connectivity index (χ0v) is 20.1. The molecule has 0 atom stereocenters. The minimum Gasteiger partial charge on any atom is -0.415 e. The molecule has 2 amide bonds. The van der Waals surface area contributed by atoms with Gasteiger partial charge in [-0.15, -0.1) is 0 Å². The van der Waals surface area contributed by atoms with E-state index in [4.69, 9.17) is 0 Å². The molecule has 0 saturated carbocycles. The van der Waals surface area contributed by atoms with Gasteiger partial charge in [-0.3, -0.25) is 19.5 Å². The van der Waals surface area contributed by atoms with Crippen LogP contribution in [0.5, 0.6) is 5.88 Å². The minimum atomic E-state index is -3.11. The Hall–Kier alpha value is -4.02. The highest BCUT2D eigenvalue weighted by Gasteiger charge is 2.53. The number of ether oxygens (including phenoxy) is 1. The van der Waals surface area contributed by atoms with E-state index in [1.807, 2.05) is 38.1 Å². The van der Waals surface area contributed by atoms with Gasteiger partial charge in [0.05, 0.1) is 6.42 Å². The summed E-state index contributed by atoms with van der Waals surface area (Å²) >= 11 is 0. The van der Waals surface area contributed by atoms with E-state index in [9.17, 15) is 23.2 Å². The van der Waals surface area contributed by atoms with Gasteiger partial charge in [0.15, 0.2) is 0 Å². The van der Waals surface area contributed by atoms with Gasteiger partial charge < -0.3 is 20.1 Å². The van der Waals surface area contributed by atoms with Crippen LogP contribution in [-0.2, 0) is 21.4 Å². The molecule has 0 aliphatic carbocycles. The lowest BCUT2D eigenvalue weighted by molar-refractivity contribution is -0.143. The molecule has 1 fully saturated rings. The van der Waals surface area contributed by atoms with E-state index in [1.54, 1.807) is 13.0 Å². The highest BCUT2D eigenvalue weighted by atomic mass is 19.3. The van der Waals surface area contributed by atoms with Gasteiger partial charge in [0.1, 0.15) is 11.1 Å². The first kappa shape index (κ1) is 25.1. The van der Waals surface area contributed by atoms with Crippen molar-refractivity contribution in [3.8, 4) is 5.88 Å². The Kier molecular flexibility index (Phi) is 6.91. The van der Waals surface area contributed by atoms with Gasteiger partial charge in [-0.05, 0) is 36.1 Å². The molecular weight excluding hydrogens is 472 g/mol. The number of H-pyrrole nitrogens is 2. The molecular formula is C25H27F2N5O4. The summed E-state index contributed by atoms with van der Waals surface area (Å²) in [4.78, 5) is 43.5. The van der Waals surface area contributed by atoms with E-state index in [0.717, 1.165) is 11.1 Å². The maximum absolute atomic E-state index is 13.8. The number of rotatable bonds is 8. The Bertz CT molecular complexity index is 1330. The topological polar surface area (TPSA) is 120 Å². The average molecular weight is 500 g/mol. The van der Waals surface area contributed by atoms with Gasteiger partial charge in [-0.1, -0.05) is 38.1 Å².